The molecule has 0 bridgehead atoms. The molecule has 36 heavy (non-hydrogen) atoms. The molecule has 1 saturated heterocycles. The summed E-state index contributed by atoms with van der Waals surface area (Å²) in [6.07, 6.45) is 1.56. The summed E-state index contributed by atoms with van der Waals surface area (Å²) in [6.45, 7) is 1.21. The Hall–Kier alpha value is -3.40. The highest BCUT2D eigenvalue weighted by molar-refractivity contribution is 5.77. The molecule has 1 saturated carbocycles. The van der Waals surface area contributed by atoms with Crippen molar-refractivity contribution >= 4 is 6.03 Å². The Kier molecular flexibility index (Phi) is 6.95. The number of aromatic nitrogens is 3. The predicted octanol–water partition coefficient (Wildman–Crippen LogP) is 5.31. The highest BCUT2D eigenvalue weighted by Crippen LogP contribution is 2.31. The molecule has 1 aliphatic heterocycles. The van der Waals surface area contributed by atoms with Crippen LogP contribution in [0.25, 0.3) is 11.3 Å². The third-order valence-corrected chi connectivity index (χ3v) is 6.56. The number of likely N-dealkylation sites (tertiary alicyclic amines) is 1. The number of halogens is 3. The van der Waals surface area contributed by atoms with Crippen molar-refractivity contribution in [1.82, 2.24) is 19.9 Å². The maximum atomic E-state index is 13.5. The molecule has 5 rings (SSSR count). The van der Waals surface area contributed by atoms with Crippen LogP contribution in [0.15, 0.2) is 60.8 Å². The van der Waals surface area contributed by atoms with Crippen molar-refractivity contribution in [2.45, 2.75) is 50.6 Å². The molecular weight excluding hydrogens is 473 g/mol. The number of ether oxygens (including phenoxy) is 2. The minimum Gasteiger partial charge on any atom is -0.406 e. The summed E-state index contributed by atoms with van der Waals surface area (Å²) in [5, 5.41) is 8.10. The molecule has 3 aromatic rings. The third kappa shape index (κ3) is 6.23. The molecule has 7 nitrogen and oxygen atoms in total. The average molecular weight is 501 g/mol. The fourth-order valence-corrected chi connectivity index (χ4v) is 4.47. The molecule has 0 spiro atoms. The maximum absolute atomic E-state index is 13.5. The lowest BCUT2D eigenvalue weighted by atomic mass is 9.94. The van der Waals surface area contributed by atoms with E-state index >= 15 is 0 Å². The van der Waals surface area contributed by atoms with Crippen LogP contribution in [-0.4, -0.2) is 57.6 Å². The number of alkyl halides is 3. The first-order valence-electron chi connectivity index (χ1n) is 12.1. The van der Waals surface area contributed by atoms with E-state index in [0.29, 0.717) is 23.7 Å². The van der Waals surface area contributed by atoms with Gasteiger partial charge in [0.25, 0.3) is 0 Å². The molecule has 2 aromatic carbocycles. The van der Waals surface area contributed by atoms with Gasteiger partial charge in [-0.15, -0.1) is 18.3 Å². The number of carbonyl (C=O) groups excluding carboxylic acids is 1. The number of hydrogen-bond acceptors (Lipinski definition) is 5. The molecule has 0 N–H and O–H groups in total. The topological polar surface area (TPSA) is 69.5 Å². The van der Waals surface area contributed by atoms with Crippen molar-refractivity contribution in [3.8, 4) is 17.0 Å². The Balaban J connectivity index is 1.31. The zero-order valence-electron chi connectivity index (χ0n) is 19.6. The SMILES string of the molecule is O=C(N1C[C@@H](OCC2CC2)CC[C@@H]1Cc1ccccc1)n1cc(-c2ccc(OC(F)(F)F)cc2)nn1. The van der Waals surface area contributed by atoms with Crippen molar-refractivity contribution in [3.63, 3.8) is 0 Å². The molecule has 0 radical (unpaired) electrons. The molecule has 2 atom stereocenters. The highest BCUT2D eigenvalue weighted by atomic mass is 19.4. The Labute approximate surface area is 206 Å². The average Bonchev–Trinajstić information content (AvgIpc) is 3.57. The Morgan fingerprint density at radius 2 is 1.75 bits per heavy atom. The summed E-state index contributed by atoms with van der Waals surface area (Å²) in [6, 6.07) is 15.0. The first-order valence-corrected chi connectivity index (χ1v) is 12.1. The number of nitrogens with zero attached hydrogens (tertiary/aromatic N) is 4. The van der Waals surface area contributed by atoms with Crippen molar-refractivity contribution in [2.24, 2.45) is 5.92 Å². The van der Waals surface area contributed by atoms with Gasteiger partial charge in [0.2, 0.25) is 0 Å². The van der Waals surface area contributed by atoms with Gasteiger partial charge in [-0.25, -0.2) is 4.79 Å². The number of benzene rings is 2. The van der Waals surface area contributed by atoms with Gasteiger partial charge >= 0.3 is 12.4 Å². The van der Waals surface area contributed by atoms with Crippen LogP contribution in [0.4, 0.5) is 18.0 Å². The number of amides is 1. The molecule has 0 unspecified atom stereocenters. The summed E-state index contributed by atoms with van der Waals surface area (Å²) in [7, 11) is 0. The zero-order chi connectivity index (χ0) is 25.1. The third-order valence-electron chi connectivity index (χ3n) is 6.56. The van der Waals surface area contributed by atoms with Crippen LogP contribution >= 0.6 is 0 Å². The van der Waals surface area contributed by atoms with Gasteiger partial charge in [-0.05, 0) is 67.9 Å². The summed E-state index contributed by atoms with van der Waals surface area (Å²) >= 11 is 0. The van der Waals surface area contributed by atoms with Crippen molar-refractivity contribution in [1.29, 1.82) is 0 Å². The minimum absolute atomic E-state index is 0.00729. The lowest BCUT2D eigenvalue weighted by Crippen LogP contribution is -2.52. The van der Waals surface area contributed by atoms with E-state index in [0.717, 1.165) is 31.4 Å². The lowest BCUT2D eigenvalue weighted by Gasteiger charge is -2.39. The van der Waals surface area contributed by atoms with E-state index in [1.54, 1.807) is 0 Å². The van der Waals surface area contributed by atoms with E-state index < -0.39 is 6.36 Å². The van der Waals surface area contributed by atoms with Crippen LogP contribution in [0, 0.1) is 5.92 Å². The van der Waals surface area contributed by atoms with E-state index in [4.69, 9.17) is 4.74 Å². The standard InChI is InChI=1S/C26H27F3N4O3/c27-26(28,29)36-22-11-8-20(9-12-22)24-16-33(31-30-24)25(34)32-15-23(35-17-19-6-7-19)13-10-21(32)14-18-4-2-1-3-5-18/h1-5,8-9,11-12,16,19,21,23H,6-7,10,13-15,17H2/t21-,23+/m1/s1. The van der Waals surface area contributed by atoms with Crippen LogP contribution in [-0.2, 0) is 11.2 Å². The fourth-order valence-electron chi connectivity index (χ4n) is 4.47. The summed E-state index contributed by atoms with van der Waals surface area (Å²) in [5.74, 6) is 0.311. The second-order valence-corrected chi connectivity index (χ2v) is 9.38. The minimum atomic E-state index is -4.76. The Morgan fingerprint density at radius 1 is 1.00 bits per heavy atom. The Bertz CT molecular complexity index is 1160. The van der Waals surface area contributed by atoms with E-state index in [9.17, 15) is 18.0 Å². The van der Waals surface area contributed by atoms with Gasteiger partial charge in [0.1, 0.15) is 11.4 Å². The van der Waals surface area contributed by atoms with Crippen LogP contribution in [0.3, 0.4) is 0 Å². The number of carbonyl (C=O) groups is 1. The number of hydrogen-bond donors (Lipinski definition) is 0. The van der Waals surface area contributed by atoms with E-state index in [2.05, 4.69) is 27.2 Å². The number of piperidine rings is 1. The van der Waals surface area contributed by atoms with Crippen molar-refractivity contribution < 1.29 is 27.4 Å². The van der Waals surface area contributed by atoms with Crippen LogP contribution in [0.5, 0.6) is 5.75 Å². The first kappa shape index (κ1) is 24.3. The predicted molar refractivity (Wildman–Crippen MR) is 125 cm³/mol. The summed E-state index contributed by atoms with van der Waals surface area (Å²) < 4.78 is 48.5. The van der Waals surface area contributed by atoms with E-state index in [1.165, 1.54) is 48.0 Å². The summed E-state index contributed by atoms with van der Waals surface area (Å²) in [5.41, 5.74) is 2.05. The molecule has 1 aromatic heterocycles. The second kappa shape index (κ2) is 10.3. The quantitative estimate of drug-likeness (QED) is 0.440. The van der Waals surface area contributed by atoms with Gasteiger partial charge in [0.15, 0.2) is 0 Å². The molecule has 10 heteroatoms. The molecule has 1 aliphatic carbocycles. The van der Waals surface area contributed by atoms with Gasteiger partial charge in [-0.2, -0.15) is 4.68 Å². The molecule has 1 amide bonds. The van der Waals surface area contributed by atoms with E-state index in [-0.39, 0.29) is 23.9 Å². The largest absolute Gasteiger partial charge is 0.573 e. The highest BCUT2D eigenvalue weighted by Gasteiger charge is 2.35. The van der Waals surface area contributed by atoms with Crippen LogP contribution < -0.4 is 4.74 Å². The zero-order valence-corrected chi connectivity index (χ0v) is 19.6. The molecule has 2 heterocycles. The van der Waals surface area contributed by atoms with E-state index in [1.807, 2.05) is 23.1 Å². The smallest absolute Gasteiger partial charge is 0.406 e. The van der Waals surface area contributed by atoms with Gasteiger partial charge in [0.05, 0.1) is 12.3 Å². The van der Waals surface area contributed by atoms with Crippen LogP contribution in [0.1, 0.15) is 31.2 Å². The fraction of sp³-hybridized carbons (Fsp3) is 0.423. The van der Waals surface area contributed by atoms with Crippen molar-refractivity contribution in [2.75, 3.05) is 13.2 Å². The monoisotopic (exact) mass is 500 g/mol. The van der Waals surface area contributed by atoms with Crippen molar-refractivity contribution in [3.05, 3.63) is 66.4 Å². The normalized spacial score (nSPS) is 20.4. The molecule has 2 fully saturated rings. The van der Waals surface area contributed by atoms with Gasteiger partial charge in [-0.3, -0.25) is 0 Å². The number of rotatable bonds is 7. The maximum Gasteiger partial charge on any atom is 0.573 e. The lowest BCUT2D eigenvalue weighted by molar-refractivity contribution is -0.274. The molecule has 2 aliphatic rings. The van der Waals surface area contributed by atoms with Gasteiger partial charge in [-0.1, -0.05) is 35.5 Å². The van der Waals surface area contributed by atoms with Gasteiger partial charge in [0, 0.05) is 24.8 Å². The molecule has 190 valence electrons. The summed E-state index contributed by atoms with van der Waals surface area (Å²) in [4.78, 5) is 15.3. The van der Waals surface area contributed by atoms with Gasteiger partial charge < -0.3 is 14.4 Å². The first-order chi connectivity index (χ1) is 17.3. The second-order valence-electron chi connectivity index (χ2n) is 9.38. The Morgan fingerprint density at radius 3 is 2.44 bits per heavy atom. The molecular formula is C26H27F3N4O3. The van der Waals surface area contributed by atoms with Crippen LogP contribution in [0.2, 0.25) is 0 Å².